The number of nitrogens with zero attached hydrogens (tertiary/aromatic N) is 2. The van der Waals surface area contributed by atoms with Crippen molar-refractivity contribution in [3.8, 4) is 0 Å². The highest BCUT2D eigenvalue weighted by Crippen LogP contribution is 2.39. The second-order valence-corrected chi connectivity index (χ2v) is 7.31. The van der Waals surface area contributed by atoms with Gasteiger partial charge in [0.05, 0.1) is 43.7 Å². The van der Waals surface area contributed by atoms with E-state index in [1.54, 1.807) is 0 Å². The number of carbonyl (C=O) groups excluding carboxylic acids is 2. The number of halogens is 1. The van der Waals surface area contributed by atoms with Gasteiger partial charge in [-0.15, -0.1) is 0 Å². The zero-order chi connectivity index (χ0) is 22.0. The molecule has 0 aromatic heterocycles. The van der Waals surface area contributed by atoms with Crippen LogP contribution in [-0.4, -0.2) is 53.8 Å². The molecule has 1 fully saturated rings. The molecule has 3 rings (SSSR count). The van der Waals surface area contributed by atoms with Crippen LogP contribution in [0.4, 0.5) is 10.1 Å². The zero-order valence-corrected chi connectivity index (χ0v) is 16.5. The lowest BCUT2D eigenvalue weighted by Crippen LogP contribution is -3.06. The quantitative estimate of drug-likeness (QED) is 0.244. The maximum absolute atomic E-state index is 13.3. The molecule has 0 aliphatic carbocycles. The highest BCUT2D eigenvalue weighted by atomic mass is 19.1. The summed E-state index contributed by atoms with van der Waals surface area (Å²) in [5, 5.41) is 21.8. The van der Waals surface area contributed by atoms with Crippen LogP contribution in [0.5, 0.6) is 0 Å². The number of aliphatic hydroxyl groups excluding tert-OH is 1. The third-order valence-electron chi connectivity index (χ3n) is 4.93. The van der Waals surface area contributed by atoms with Crippen LogP contribution in [-0.2, 0) is 9.59 Å². The number of nitro groups is 1. The number of hydrogen-bond donors (Lipinski definition) is 2. The number of aliphatic hydroxyl groups is 1. The normalized spacial score (nSPS) is 18.3. The number of quaternary nitrogens is 1. The average molecular weight is 414 g/mol. The first-order valence-corrected chi connectivity index (χ1v) is 9.28. The van der Waals surface area contributed by atoms with E-state index in [0.29, 0.717) is 12.1 Å². The van der Waals surface area contributed by atoms with Crippen molar-refractivity contribution in [1.82, 2.24) is 4.90 Å². The fourth-order valence-corrected chi connectivity index (χ4v) is 3.34. The molecular weight excluding hydrogens is 393 g/mol. The highest BCUT2D eigenvalue weighted by molar-refractivity contribution is 6.46. The number of non-ortho nitro benzene ring substituents is 1. The van der Waals surface area contributed by atoms with Crippen LogP contribution < -0.4 is 4.90 Å². The van der Waals surface area contributed by atoms with Gasteiger partial charge in [0, 0.05) is 17.7 Å². The Morgan fingerprint density at radius 1 is 1.13 bits per heavy atom. The van der Waals surface area contributed by atoms with Crippen molar-refractivity contribution >= 4 is 23.1 Å². The van der Waals surface area contributed by atoms with E-state index in [9.17, 15) is 29.2 Å². The minimum atomic E-state index is -0.907. The van der Waals surface area contributed by atoms with E-state index in [0.717, 1.165) is 17.0 Å². The Morgan fingerprint density at radius 2 is 1.73 bits per heavy atom. The number of likely N-dealkylation sites (N-methyl/N-ethyl adjacent to an activating group) is 1. The van der Waals surface area contributed by atoms with Crippen molar-refractivity contribution in [2.45, 2.75) is 6.04 Å². The maximum Gasteiger partial charge on any atom is 0.295 e. The topological polar surface area (TPSA) is 105 Å². The molecule has 1 atom stereocenters. The molecule has 2 N–H and O–H groups in total. The minimum absolute atomic E-state index is 0.130. The molecule has 1 aliphatic heterocycles. The first kappa shape index (κ1) is 21.1. The Kier molecular flexibility index (Phi) is 5.93. The number of Topliss-reactive ketones (excluding diaryl/α,β-unsaturated/α-hetero) is 1. The van der Waals surface area contributed by atoms with E-state index in [-0.39, 0.29) is 23.4 Å². The molecule has 1 amide bonds. The molecule has 1 aliphatic rings. The number of hydrogen-bond acceptors (Lipinski definition) is 5. The Bertz CT molecular complexity index is 1020. The summed E-state index contributed by atoms with van der Waals surface area (Å²) in [6, 6.07) is 9.49. The maximum atomic E-state index is 13.3. The first-order valence-electron chi connectivity index (χ1n) is 9.28. The lowest BCUT2D eigenvalue weighted by molar-refractivity contribution is -0.857. The molecule has 0 bridgehead atoms. The molecule has 0 spiro atoms. The fraction of sp³-hybridized carbons (Fsp3) is 0.238. The van der Waals surface area contributed by atoms with Gasteiger partial charge < -0.3 is 14.9 Å². The van der Waals surface area contributed by atoms with Crippen molar-refractivity contribution in [2.24, 2.45) is 0 Å². The number of nitrogens with one attached hydrogen (secondary N) is 1. The van der Waals surface area contributed by atoms with E-state index < -0.39 is 34.2 Å². The lowest BCUT2D eigenvalue weighted by atomic mass is 9.95. The van der Waals surface area contributed by atoms with Crippen LogP contribution in [0.25, 0.3) is 5.76 Å². The SMILES string of the molecule is C[NH+](C)CCN1C(=O)C(=O)C(=C(O)c2ccc(F)cc2)[C@H]1c1ccc([N+](=O)[O-])cc1. The van der Waals surface area contributed by atoms with Gasteiger partial charge in [0.1, 0.15) is 11.6 Å². The summed E-state index contributed by atoms with van der Waals surface area (Å²) in [7, 11) is 3.80. The van der Waals surface area contributed by atoms with Crippen LogP contribution in [0, 0.1) is 15.9 Å². The second kappa shape index (κ2) is 8.42. The van der Waals surface area contributed by atoms with Crippen molar-refractivity contribution in [2.75, 3.05) is 27.2 Å². The summed E-state index contributed by atoms with van der Waals surface area (Å²) < 4.78 is 13.3. The van der Waals surface area contributed by atoms with Gasteiger partial charge in [-0.3, -0.25) is 19.7 Å². The summed E-state index contributed by atoms with van der Waals surface area (Å²) >= 11 is 0. The Balaban J connectivity index is 2.13. The molecule has 0 unspecified atom stereocenters. The van der Waals surface area contributed by atoms with Crippen molar-refractivity contribution in [3.05, 3.63) is 81.2 Å². The zero-order valence-electron chi connectivity index (χ0n) is 16.5. The molecule has 2 aromatic rings. The highest BCUT2D eigenvalue weighted by Gasteiger charge is 2.46. The molecule has 1 heterocycles. The summed E-state index contributed by atoms with van der Waals surface area (Å²) in [6.45, 7) is 0.794. The fourth-order valence-electron chi connectivity index (χ4n) is 3.34. The van der Waals surface area contributed by atoms with Crippen LogP contribution in [0.1, 0.15) is 17.2 Å². The minimum Gasteiger partial charge on any atom is -0.507 e. The Hall–Kier alpha value is -3.59. The number of amides is 1. The van der Waals surface area contributed by atoms with Gasteiger partial charge >= 0.3 is 0 Å². The van der Waals surface area contributed by atoms with Gasteiger partial charge in [-0.05, 0) is 42.0 Å². The summed E-state index contributed by atoms with van der Waals surface area (Å²) in [5.74, 6) is -2.54. The molecule has 9 heteroatoms. The Labute approximate surface area is 172 Å². The van der Waals surface area contributed by atoms with Gasteiger partial charge in [-0.2, -0.15) is 0 Å². The van der Waals surface area contributed by atoms with E-state index in [1.807, 2.05) is 14.1 Å². The van der Waals surface area contributed by atoms with Gasteiger partial charge in [0.2, 0.25) is 0 Å². The van der Waals surface area contributed by atoms with Gasteiger partial charge in [0.15, 0.2) is 0 Å². The summed E-state index contributed by atoms with van der Waals surface area (Å²) in [5.41, 5.74) is 0.387. The first-order chi connectivity index (χ1) is 14.2. The molecule has 156 valence electrons. The molecule has 30 heavy (non-hydrogen) atoms. The van der Waals surface area contributed by atoms with Crippen LogP contribution in [0.2, 0.25) is 0 Å². The largest absolute Gasteiger partial charge is 0.507 e. The number of ketones is 1. The van der Waals surface area contributed by atoms with Crippen molar-refractivity contribution < 1.29 is 28.9 Å². The van der Waals surface area contributed by atoms with Gasteiger partial charge in [0.25, 0.3) is 17.4 Å². The monoisotopic (exact) mass is 414 g/mol. The van der Waals surface area contributed by atoms with E-state index >= 15 is 0 Å². The standard InChI is InChI=1S/C21H20FN3O5/c1-23(2)11-12-24-18(13-5-9-16(10-6-13)25(29)30)17(20(27)21(24)28)19(26)14-3-7-15(22)8-4-14/h3-10,18,26H,11-12H2,1-2H3/p+1/t18-/m1/s1. The smallest absolute Gasteiger partial charge is 0.295 e. The Morgan fingerprint density at radius 3 is 2.27 bits per heavy atom. The molecule has 2 aromatic carbocycles. The van der Waals surface area contributed by atoms with E-state index in [4.69, 9.17) is 0 Å². The van der Waals surface area contributed by atoms with E-state index in [1.165, 1.54) is 41.3 Å². The molecule has 0 radical (unpaired) electrons. The van der Waals surface area contributed by atoms with E-state index in [2.05, 4.69) is 0 Å². The van der Waals surface area contributed by atoms with Crippen LogP contribution in [0.15, 0.2) is 54.1 Å². The van der Waals surface area contributed by atoms with Crippen LogP contribution in [0.3, 0.4) is 0 Å². The lowest BCUT2D eigenvalue weighted by Gasteiger charge is -2.25. The molecule has 8 nitrogen and oxygen atoms in total. The summed E-state index contributed by atoms with van der Waals surface area (Å²) in [4.78, 5) is 38.4. The average Bonchev–Trinajstić information content (AvgIpc) is 2.97. The molecule has 1 saturated heterocycles. The summed E-state index contributed by atoms with van der Waals surface area (Å²) in [6.07, 6.45) is 0. The van der Waals surface area contributed by atoms with Crippen molar-refractivity contribution in [1.29, 1.82) is 0 Å². The van der Waals surface area contributed by atoms with Crippen LogP contribution >= 0.6 is 0 Å². The number of benzene rings is 2. The van der Waals surface area contributed by atoms with Gasteiger partial charge in [-0.25, -0.2) is 4.39 Å². The molecule has 0 saturated carbocycles. The number of rotatable bonds is 6. The predicted molar refractivity (Wildman–Crippen MR) is 106 cm³/mol. The number of nitro benzene ring substituents is 1. The number of carbonyl (C=O) groups is 2. The number of likely N-dealkylation sites (tertiary alicyclic amines) is 1. The van der Waals surface area contributed by atoms with Crippen molar-refractivity contribution in [3.63, 3.8) is 0 Å². The third kappa shape index (κ3) is 4.06. The van der Waals surface area contributed by atoms with Gasteiger partial charge in [-0.1, -0.05) is 0 Å². The second-order valence-electron chi connectivity index (χ2n) is 7.31. The molecular formula is C21H21FN3O5+. The predicted octanol–water partition coefficient (Wildman–Crippen LogP) is 1.30. The third-order valence-corrected chi connectivity index (χ3v) is 4.93.